The highest BCUT2D eigenvalue weighted by Crippen LogP contribution is 2.16. The SMILES string of the molecule is CCOC(=O)N1CCN(c2nc(NO)nc(NCCc3ccccc3)n2)CC1. The number of aromatic nitrogens is 3. The summed E-state index contributed by atoms with van der Waals surface area (Å²) in [6, 6.07) is 10.1. The summed E-state index contributed by atoms with van der Waals surface area (Å²) in [6.45, 7) is 4.96. The minimum Gasteiger partial charge on any atom is -0.450 e. The minimum atomic E-state index is -0.307. The summed E-state index contributed by atoms with van der Waals surface area (Å²) in [4.78, 5) is 28.2. The summed E-state index contributed by atoms with van der Waals surface area (Å²) in [6.07, 6.45) is 0.515. The van der Waals surface area contributed by atoms with Crippen LogP contribution in [0.3, 0.4) is 0 Å². The number of nitrogens with zero attached hydrogens (tertiary/aromatic N) is 5. The van der Waals surface area contributed by atoms with Crippen molar-refractivity contribution in [3.8, 4) is 0 Å². The second-order valence-corrected chi connectivity index (χ2v) is 6.23. The van der Waals surface area contributed by atoms with Crippen LogP contribution in [-0.2, 0) is 11.2 Å². The lowest BCUT2D eigenvalue weighted by Gasteiger charge is -2.34. The van der Waals surface area contributed by atoms with Gasteiger partial charge in [-0.1, -0.05) is 30.3 Å². The van der Waals surface area contributed by atoms with Crippen LogP contribution in [0, 0.1) is 0 Å². The van der Waals surface area contributed by atoms with Crippen LogP contribution in [0.2, 0.25) is 0 Å². The van der Waals surface area contributed by atoms with Crippen molar-refractivity contribution in [3.63, 3.8) is 0 Å². The summed E-state index contributed by atoms with van der Waals surface area (Å²) in [7, 11) is 0. The fraction of sp³-hybridized carbons (Fsp3) is 0.444. The summed E-state index contributed by atoms with van der Waals surface area (Å²) >= 11 is 0. The molecular formula is C18H25N7O3. The third kappa shape index (κ3) is 5.19. The third-order valence-corrected chi connectivity index (χ3v) is 4.35. The zero-order chi connectivity index (χ0) is 19.8. The fourth-order valence-electron chi connectivity index (χ4n) is 2.90. The highest BCUT2D eigenvalue weighted by Gasteiger charge is 2.24. The number of rotatable bonds is 7. The van der Waals surface area contributed by atoms with Crippen LogP contribution >= 0.6 is 0 Å². The Kier molecular flexibility index (Phi) is 6.79. The molecule has 0 atom stereocenters. The van der Waals surface area contributed by atoms with E-state index in [0.29, 0.717) is 51.2 Å². The van der Waals surface area contributed by atoms with Crippen molar-refractivity contribution >= 4 is 23.9 Å². The van der Waals surface area contributed by atoms with Crippen LogP contribution in [0.5, 0.6) is 0 Å². The van der Waals surface area contributed by atoms with E-state index >= 15 is 0 Å². The van der Waals surface area contributed by atoms with Crippen molar-refractivity contribution in [1.82, 2.24) is 19.9 Å². The maximum Gasteiger partial charge on any atom is 0.409 e. The Morgan fingerprint density at radius 1 is 1.11 bits per heavy atom. The first kappa shape index (κ1) is 19.6. The number of piperazine rings is 1. The number of anilines is 3. The quantitative estimate of drug-likeness (QED) is 0.609. The Labute approximate surface area is 163 Å². The molecule has 1 aliphatic heterocycles. The van der Waals surface area contributed by atoms with Gasteiger partial charge >= 0.3 is 6.09 Å². The molecular weight excluding hydrogens is 362 g/mol. The van der Waals surface area contributed by atoms with E-state index in [1.807, 2.05) is 28.6 Å². The molecule has 0 spiro atoms. The molecule has 3 rings (SSSR count). The Morgan fingerprint density at radius 3 is 2.50 bits per heavy atom. The van der Waals surface area contributed by atoms with Gasteiger partial charge in [0, 0.05) is 32.7 Å². The van der Waals surface area contributed by atoms with Gasteiger partial charge in [-0.15, -0.1) is 0 Å². The van der Waals surface area contributed by atoms with Gasteiger partial charge in [0.05, 0.1) is 6.61 Å². The Morgan fingerprint density at radius 2 is 1.82 bits per heavy atom. The minimum absolute atomic E-state index is 0.0695. The van der Waals surface area contributed by atoms with E-state index in [9.17, 15) is 10.0 Å². The van der Waals surface area contributed by atoms with Gasteiger partial charge in [-0.05, 0) is 18.9 Å². The molecule has 150 valence electrons. The Bertz CT molecular complexity index is 767. The van der Waals surface area contributed by atoms with Gasteiger partial charge in [-0.3, -0.25) is 5.21 Å². The largest absolute Gasteiger partial charge is 0.450 e. The van der Waals surface area contributed by atoms with Gasteiger partial charge in [0.2, 0.25) is 11.9 Å². The van der Waals surface area contributed by atoms with Gasteiger partial charge in [-0.25, -0.2) is 10.3 Å². The van der Waals surface area contributed by atoms with Crippen molar-refractivity contribution in [2.45, 2.75) is 13.3 Å². The first-order valence-corrected chi connectivity index (χ1v) is 9.30. The van der Waals surface area contributed by atoms with E-state index in [1.165, 1.54) is 5.56 Å². The van der Waals surface area contributed by atoms with Crippen LogP contribution in [0.1, 0.15) is 12.5 Å². The molecule has 0 saturated carbocycles. The average molecular weight is 387 g/mol. The zero-order valence-electron chi connectivity index (χ0n) is 15.8. The molecule has 2 aromatic rings. The number of carbonyl (C=O) groups excluding carboxylic acids is 1. The summed E-state index contributed by atoms with van der Waals surface area (Å²) in [5.41, 5.74) is 3.19. The van der Waals surface area contributed by atoms with E-state index in [0.717, 1.165) is 6.42 Å². The number of ether oxygens (including phenoxy) is 1. The van der Waals surface area contributed by atoms with Gasteiger partial charge in [-0.2, -0.15) is 15.0 Å². The van der Waals surface area contributed by atoms with Crippen molar-refractivity contribution in [1.29, 1.82) is 0 Å². The van der Waals surface area contributed by atoms with Gasteiger partial charge in [0.1, 0.15) is 0 Å². The number of benzene rings is 1. The van der Waals surface area contributed by atoms with E-state index in [-0.39, 0.29) is 12.0 Å². The molecule has 28 heavy (non-hydrogen) atoms. The van der Waals surface area contributed by atoms with Crippen LogP contribution < -0.4 is 15.7 Å². The summed E-state index contributed by atoms with van der Waals surface area (Å²) in [5, 5.41) is 12.4. The standard InChI is InChI=1S/C18H25N7O3/c1-2-28-18(26)25-12-10-24(11-13-25)17-21-15(20-16(22-17)23-27)19-9-8-14-6-4-3-5-7-14/h3-7,27H,2,8-13H2,1H3,(H2,19,20,21,22,23). The third-order valence-electron chi connectivity index (χ3n) is 4.35. The maximum atomic E-state index is 11.8. The Hall–Kier alpha value is -3.14. The van der Waals surface area contributed by atoms with Gasteiger partial charge in [0.25, 0.3) is 5.95 Å². The van der Waals surface area contributed by atoms with Gasteiger partial charge < -0.3 is 19.9 Å². The topological polar surface area (TPSA) is 116 Å². The van der Waals surface area contributed by atoms with Crippen molar-refractivity contribution in [3.05, 3.63) is 35.9 Å². The molecule has 2 heterocycles. The smallest absolute Gasteiger partial charge is 0.409 e. The highest BCUT2D eigenvalue weighted by atomic mass is 16.6. The van der Waals surface area contributed by atoms with Crippen molar-refractivity contribution in [2.75, 3.05) is 55.0 Å². The second-order valence-electron chi connectivity index (χ2n) is 6.23. The number of hydrogen-bond acceptors (Lipinski definition) is 9. The average Bonchev–Trinajstić information content (AvgIpc) is 2.74. The number of carbonyl (C=O) groups is 1. The molecule has 0 radical (unpaired) electrons. The van der Waals surface area contributed by atoms with Crippen molar-refractivity contribution < 1.29 is 14.7 Å². The molecule has 0 aliphatic carbocycles. The lowest BCUT2D eigenvalue weighted by Crippen LogP contribution is -2.49. The highest BCUT2D eigenvalue weighted by molar-refractivity contribution is 5.68. The fourth-order valence-corrected chi connectivity index (χ4v) is 2.90. The molecule has 1 saturated heterocycles. The monoisotopic (exact) mass is 387 g/mol. The molecule has 1 fully saturated rings. The molecule has 1 aromatic heterocycles. The number of amides is 1. The van der Waals surface area contributed by atoms with E-state index in [1.54, 1.807) is 11.8 Å². The van der Waals surface area contributed by atoms with E-state index in [4.69, 9.17) is 4.74 Å². The van der Waals surface area contributed by atoms with Crippen LogP contribution in [0.25, 0.3) is 0 Å². The van der Waals surface area contributed by atoms with E-state index < -0.39 is 0 Å². The van der Waals surface area contributed by atoms with Crippen LogP contribution in [-0.4, -0.2) is 70.5 Å². The van der Waals surface area contributed by atoms with Crippen molar-refractivity contribution in [2.24, 2.45) is 0 Å². The number of hydrogen-bond donors (Lipinski definition) is 3. The predicted octanol–water partition coefficient (Wildman–Crippen LogP) is 1.61. The summed E-state index contributed by atoms with van der Waals surface area (Å²) in [5.74, 6) is 0.891. The lowest BCUT2D eigenvalue weighted by molar-refractivity contribution is 0.105. The molecule has 10 heteroatoms. The van der Waals surface area contributed by atoms with Crippen LogP contribution in [0.15, 0.2) is 30.3 Å². The molecule has 0 unspecified atom stereocenters. The normalized spacial score (nSPS) is 13.9. The molecule has 1 aliphatic rings. The predicted molar refractivity (Wildman–Crippen MR) is 105 cm³/mol. The first-order chi connectivity index (χ1) is 13.7. The molecule has 1 amide bonds. The first-order valence-electron chi connectivity index (χ1n) is 9.30. The lowest BCUT2D eigenvalue weighted by atomic mass is 10.1. The number of nitrogens with one attached hydrogen (secondary N) is 2. The summed E-state index contributed by atoms with van der Waals surface area (Å²) < 4.78 is 5.03. The van der Waals surface area contributed by atoms with E-state index in [2.05, 4.69) is 32.4 Å². The molecule has 3 N–H and O–H groups in total. The maximum absolute atomic E-state index is 11.8. The molecule has 10 nitrogen and oxygen atoms in total. The van der Waals surface area contributed by atoms with Crippen LogP contribution in [0.4, 0.5) is 22.6 Å². The van der Waals surface area contributed by atoms with Gasteiger partial charge in [0.15, 0.2) is 0 Å². The second kappa shape index (κ2) is 9.70. The molecule has 0 bridgehead atoms. The molecule has 1 aromatic carbocycles. The zero-order valence-corrected chi connectivity index (χ0v) is 15.8. The Balaban J connectivity index is 1.60.